The Balaban J connectivity index is 2.16. The summed E-state index contributed by atoms with van der Waals surface area (Å²) in [5.74, 6) is -0.286. The number of esters is 1. The fraction of sp³-hybridized carbons (Fsp3) is 0.231. The second-order valence-corrected chi connectivity index (χ2v) is 3.74. The van der Waals surface area contributed by atoms with Crippen molar-refractivity contribution in [3.63, 3.8) is 0 Å². The van der Waals surface area contributed by atoms with Crippen LogP contribution in [-0.2, 0) is 16.1 Å². The molecule has 1 heterocycles. The molecule has 88 valence electrons. The highest BCUT2D eigenvalue weighted by Gasteiger charge is 2.15. The average Bonchev–Trinajstić information content (AvgIpc) is 2.82. The van der Waals surface area contributed by atoms with Gasteiger partial charge in [-0.3, -0.25) is 9.48 Å². The topological polar surface area (TPSA) is 44.1 Å². The SMILES string of the molecule is CC(=O)O[C@H](Cn1cccn1)c1ccccc1. The third-order valence-corrected chi connectivity index (χ3v) is 2.39. The van der Waals surface area contributed by atoms with Gasteiger partial charge in [0.1, 0.15) is 6.10 Å². The van der Waals surface area contributed by atoms with Gasteiger partial charge < -0.3 is 4.74 Å². The van der Waals surface area contributed by atoms with E-state index in [0.29, 0.717) is 6.54 Å². The van der Waals surface area contributed by atoms with Crippen molar-refractivity contribution in [2.45, 2.75) is 19.6 Å². The van der Waals surface area contributed by atoms with Crippen molar-refractivity contribution in [2.75, 3.05) is 0 Å². The molecule has 0 spiro atoms. The zero-order valence-electron chi connectivity index (χ0n) is 9.61. The van der Waals surface area contributed by atoms with Crippen molar-refractivity contribution < 1.29 is 9.53 Å². The molecule has 0 saturated heterocycles. The average molecular weight is 230 g/mol. The zero-order chi connectivity index (χ0) is 12.1. The number of nitrogens with zero attached hydrogens (tertiary/aromatic N) is 2. The lowest BCUT2D eigenvalue weighted by molar-refractivity contribution is -0.147. The molecule has 2 rings (SSSR count). The standard InChI is InChI=1S/C13H14N2O2/c1-11(16)17-13(10-15-9-5-8-14-15)12-6-3-2-4-7-12/h2-9,13H,10H2,1H3/t13-/m1/s1. The van der Waals surface area contributed by atoms with Gasteiger partial charge >= 0.3 is 5.97 Å². The summed E-state index contributed by atoms with van der Waals surface area (Å²) in [6.07, 6.45) is 3.25. The van der Waals surface area contributed by atoms with Crippen LogP contribution in [-0.4, -0.2) is 15.7 Å². The number of ether oxygens (including phenoxy) is 1. The van der Waals surface area contributed by atoms with E-state index in [4.69, 9.17) is 4.74 Å². The van der Waals surface area contributed by atoms with Crippen molar-refractivity contribution >= 4 is 5.97 Å². The molecule has 0 radical (unpaired) electrons. The van der Waals surface area contributed by atoms with Gasteiger partial charge in [-0.1, -0.05) is 30.3 Å². The van der Waals surface area contributed by atoms with Crippen LogP contribution < -0.4 is 0 Å². The summed E-state index contributed by atoms with van der Waals surface area (Å²) in [4.78, 5) is 11.1. The van der Waals surface area contributed by atoms with Gasteiger partial charge in [-0.2, -0.15) is 5.10 Å². The van der Waals surface area contributed by atoms with E-state index in [1.54, 1.807) is 10.9 Å². The Hall–Kier alpha value is -2.10. The van der Waals surface area contributed by atoms with E-state index in [2.05, 4.69) is 5.10 Å². The van der Waals surface area contributed by atoms with E-state index in [-0.39, 0.29) is 12.1 Å². The predicted octanol–water partition coefficient (Wildman–Crippen LogP) is 2.19. The Bertz CT molecular complexity index is 465. The van der Waals surface area contributed by atoms with E-state index in [1.807, 2.05) is 42.6 Å². The van der Waals surface area contributed by atoms with Gasteiger partial charge in [0, 0.05) is 19.3 Å². The van der Waals surface area contributed by atoms with Crippen LogP contribution in [0.4, 0.5) is 0 Å². The molecule has 0 unspecified atom stereocenters. The molecule has 0 bridgehead atoms. The summed E-state index contributed by atoms with van der Waals surface area (Å²) in [7, 11) is 0. The Kier molecular flexibility index (Phi) is 3.55. The Morgan fingerprint density at radius 1 is 1.35 bits per heavy atom. The van der Waals surface area contributed by atoms with Crippen molar-refractivity contribution in [1.82, 2.24) is 9.78 Å². The molecular formula is C13H14N2O2. The maximum absolute atomic E-state index is 11.1. The smallest absolute Gasteiger partial charge is 0.303 e. The normalized spacial score (nSPS) is 12.1. The second kappa shape index (κ2) is 5.30. The number of hydrogen-bond donors (Lipinski definition) is 0. The van der Waals surface area contributed by atoms with Crippen molar-refractivity contribution in [2.24, 2.45) is 0 Å². The maximum Gasteiger partial charge on any atom is 0.303 e. The molecule has 2 aromatic rings. The molecule has 0 fully saturated rings. The summed E-state index contributed by atoms with van der Waals surface area (Å²) in [5, 5.41) is 4.11. The summed E-state index contributed by atoms with van der Waals surface area (Å²) in [5.41, 5.74) is 0.971. The lowest BCUT2D eigenvalue weighted by Crippen LogP contribution is -2.15. The number of aromatic nitrogens is 2. The molecule has 17 heavy (non-hydrogen) atoms. The van der Waals surface area contributed by atoms with Gasteiger partial charge in [-0.15, -0.1) is 0 Å². The first-order valence-electron chi connectivity index (χ1n) is 5.45. The molecule has 1 aromatic carbocycles. The summed E-state index contributed by atoms with van der Waals surface area (Å²) < 4.78 is 7.06. The first-order valence-corrected chi connectivity index (χ1v) is 5.45. The minimum atomic E-state index is -0.298. The molecule has 0 aliphatic carbocycles. The van der Waals surface area contributed by atoms with Gasteiger partial charge in [0.15, 0.2) is 0 Å². The van der Waals surface area contributed by atoms with Gasteiger partial charge in [0.2, 0.25) is 0 Å². The minimum Gasteiger partial charge on any atom is -0.456 e. The minimum absolute atomic E-state index is 0.286. The summed E-state index contributed by atoms with van der Waals surface area (Å²) >= 11 is 0. The van der Waals surface area contributed by atoms with Gasteiger partial charge in [-0.25, -0.2) is 0 Å². The lowest BCUT2D eigenvalue weighted by atomic mass is 10.1. The van der Waals surface area contributed by atoms with E-state index >= 15 is 0 Å². The third kappa shape index (κ3) is 3.17. The van der Waals surface area contributed by atoms with Crippen LogP contribution in [0.1, 0.15) is 18.6 Å². The molecule has 1 aromatic heterocycles. The molecule has 0 amide bonds. The molecule has 0 aliphatic rings. The van der Waals surface area contributed by atoms with Crippen LogP contribution in [0, 0.1) is 0 Å². The van der Waals surface area contributed by atoms with Crippen LogP contribution in [0.25, 0.3) is 0 Å². The molecule has 0 N–H and O–H groups in total. The monoisotopic (exact) mass is 230 g/mol. The number of hydrogen-bond acceptors (Lipinski definition) is 3. The molecule has 0 saturated carbocycles. The predicted molar refractivity (Wildman–Crippen MR) is 63.2 cm³/mol. The van der Waals surface area contributed by atoms with Crippen molar-refractivity contribution in [3.05, 3.63) is 54.4 Å². The van der Waals surface area contributed by atoms with Crippen molar-refractivity contribution in [1.29, 1.82) is 0 Å². The largest absolute Gasteiger partial charge is 0.456 e. The molecule has 1 atom stereocenters. The maximum atomic E-state index is 11.1. The summed E-state index contributed by atoms with van der Waals surface area (Å²) in [6.45, 7) is 1.94. The Labute approximate surface area is 99.8 Å². The number of carbonyl (C=O) groups excluding carboxylic acids is 1. The highest BCUT2D eigenvalue weighted by atomic mass is 16.5. The number of carbonyl (C=O) groups is 1. The fourth-order valence-corrected chi connectivity index (χ4v) is 1.66. The molecule has 0 aliphatic heterocycles. The highest BCUT2D eigenvalue weighted by molar-refractivity contribution is 5.66. The lowest BCUT2D eigenvalue weighted by Gasteiger charge is -2.17. The van der Waals surface area contributed by atoms with E-state index in [1.165, 1.54) is 6.92 Å². The van der Waals surface area contributed by atoms with Crippen LogP contribution >= 0.6 is 0 Å². The van der Waals surface area contributed by atoms with Crippen LogP contribution in [0.5, 0.6) is 0 Å². The first-order chi connectivity index (χ1) is 8.25. The second-order valence-electron chi connectivity index (χ2n) is 3.74. The Morgan fingerprint density at radius 3 is 2.71 bits per heavy atom. The third-order valence-electron chi connectivity index (χ3n) is 2.39. The molecule has 4 nitrogen and oxygen atoms in total. The molecular weight excluding hydrogens is 216 g/mol. The quantitative estimate of drug-likeness (QED) is 0.756. The summed E-state index contributed by atoms with van der Waals surface area (Å²) in [6, 6.07) is 11.5. The molecule has 4 heteroatoms. The van der Waals surface area contributed by atoms with E-state index in [9.17, 15) is 4.79 Å². The van der Waals surface area contributed by atoms with Crippen LogP contribution in [0.2, 0.25) is 0 Å². The fourth-order valence-electron chi connectivity index (χ4n) is 1.66. The van der Waals surface area contributed by atoms with Crippen LogP contribution in [0.15, 0.2) is 48.8 Å². The van der Waals surface area contributed by atoms with Crippen molar-refractivity contribution in [3.8, 4) is 0 Å². The highest BCUT2D eigenvalue weighted by Crippen LogP contribution is 2.19. The van der Waals surface area contributed by atoms with Gasteiger partial charge in [0.25, 0.3) is 0 Å². The van der Waals surface area contributed by atoms with E-state index in [0.717, 1.165) is 5.56 Å². The van der Waals surface area contributed by atoms with Crippen LogP contribution in [0.3, 0.4) is 0 Å². The van der Waals surface area contributed by atoms with Gasteiger partial charge in [-0.05, 0) is 11.6 Å². The zero-order valence-corrected chi connectivity index (χ0v) is 9.61. The Morgan fingerprint density at radius 2 is 2.12 bits per heavy atom. The number of rotatable bonds is 4. The van der Waals surface area contributed by atoms with E-state index < -0.39 is 0 Å². The van der Waals surface area contributed by atoms with Gasteiger partial charge in [0.05, 0.1) is 6.54 Å². The first kappa shape index (κ1) is 11.4. The number of benzene rings is 1.